The highest BCUT2D eigenvalue weighted by molar-refractivity contribution is 6.31. The fourth-order valence-electron chi connectivity index (χ4n) is 2.47. The highest BCUT2D eigenvalue weighted by Crippen LogP contribution is 2.22. The zero-order valence-corrected chi connectivity index (χ0v) is 12.4. The van der Waals surface area contributed by atoms with E-state index in [0.717, 1.165) is 25.9 Å². The number of nitrogens with zero attached hydrogens (tertiary/aromatic N) is 1. The minimum absolute atomic E-state index is 0.0317. The van der Waals surface area contributed by atoms with Crippen molar-refractivity contribution in [2.45, 2.75) is 18.9 Å². The van der Waals surface area contributed by atoms with E-state index in [1.54, 1.807) is 12.1 Å². The quantitative estimate of drug-likeness (QED) is 0.891. The van der Waals surface area contributed by atoms with Crippen LogP contribution in [-0.2, 0) is 4.79 Å². The molecule has 5 heteroatoms. The Labute approximate surface area is 124 Å². The summed E-state index contributed by atoms with van der Waals surface area (Å²) in [5.74, 6) is 0.0915. The second kappa shape index (κ2) is 7.07. The number of aliphatic hydroxyl groups is 1. The van der Waals surface area contributed by atoms with Gasteiger partial charge in [-0.2, -0.15) is 0 Å². The van der Waals surface area contributed by atoms with Crippen molar-refractivity contribution < 1.29 is 9.90 Å². The molecule has 2 rings (SSSR count). The van der Waals surface area contributed by atoms with Crippen molar-refractivity contribution in [1.29, 1.82) is 0 Å². The van der Waals surface area contributed by atoms with Crippen LogP contribution in [0.15, 0.2) is 24.3 Å². The Hall–Kier alpha value is -1.10. The van der Waals surface area contributed by atoms with E-state index in [1.807, 2.05) is 12.1 Å². The zero-order valence-electron chi connectivity index (χ0n) is 11.7. The molecule has 0 radical (unpaired) electrons. The first kappa shape index (κ1) is 15.3. The summed E-state index contributed by atoms with van der Waals surface area (Å²) in [4.78, 5) is 14.3. The van der Waals surface area contributed by atoms with Crippen LogP contribution in [0.5, 0.6) is 0 Å². The lowest BCUT2D eigenvalue weighted by atomic mass is 9.96. The molecule has 1 fully saturated rings. The van der Waals surface area contributed by atoms with E-state index in [-0.39, 0.29) is 18.4 Å². The van der Waals surface area contributed by atoms with E-state index in [9.17, 15) is 9.90 Å². The molecular weight excluding hydrogens is 276 g/mol. The summed E-state index contributed by atoms with van der Waals surface area (Å²) in [6, 6.07) is 7.15. The number of piperidine rings is 1. The number of hydrogen-bond donors (Lipinski definition) is 2. The topological polar surface area (TPSA) is 52.6 Å². The van der Waals surface area contributed by atoms with E-state index in [0.29, 0.717) is 10.6 Å². The molecule has 0 aliphatic carbocycles. The third-order valence-electron chi connectivity index (χ3n) is 3.82. The van der Waals surface area contributed by atoms with E-state index in [4.69, 9.17) is 11.6 Å². The number of hydrogen-bond acceptors (Lipinski definition) is 3. The van der Waals surface area contributed by atoms with Gasteiger partial charge in [0, 0.05) is 23.0 Å². The molecule has 1 atom stereocenters. The molecule has 0 aromatic heterocycles. The summed E-state index contributed by atoms with van der Waals surface area (Å²) in [5.41, 5.74) is 0.651. The molecule has 1 aromatic carbocycles. The summed E-state index contributed by atoms with van der Waals surface area (Å²) in [6.07, 6.45) is 0.994. The second-order valence-corrected chi connectivity index (χ2v) is 5.77. The Morgan fingerprint density at radius 3 is 2.75 bits per heavy atom. The van der Waals surface area contributed by atoms with E-state index >= 15 is 0 Å². The van der Waals surface area contributed by atoms with Crippen LogP contribution in [0.25, 0.3) is 0 Å². The predicted molar refractivity (Wildman–Crippen MR) is 79.6 cm³/mol. The number of nitrogens with one attached hydrogen (secondary N) is 1. The molecule has 1 aliphatic heterocycles. The smallest absolute Gasteiger partial charge is 0.223 e. The molecule has 0 spiro atoms. The molecule has 4 nitrogen and oxygen atoms in total. The van der Waals surface area contributed by atoms with Crippen molar-refractivity contribution in [3.05, 3.63) is 34.9 Å². The molecule has 110 valence electrons. The van der Waals surface area contributed by atoms with Gasteiger partial charge in [0.15, 0.2) is 0 Å². The number of likely N-dealkylation sites (tertiary alicyclic amines) is 1. The fraction of sp³-hybridized carbons (Fsp3) is 0.533. The SMILES string of the molecule is CN1CCC(C(=O)NCC(O)c2ccccc2Cl)CC1. The van der Waals surface area contributed by atoms with Crippen molar-refractivity contribution in [3.63, 3.8) is 0 Å². The zero-order chi connectivity index (χ0) is 14.5. The van der Waals surface area contributed by atoms with Crippen molar-refractivity contribution >= 4 is 17.5 Å². The molecule has 20 heavy (non-hydrogen) atoms. The third-order valence-corrected chi connectivity index (χ3v) is 4.17. The Kier molecular flexibility index (Phi) is 5.40. The molecule has 1 amide bonds. The average molecular weight is 297 g/mol. The van der Waals surface area contributed by atoms with E-state index in [1.165, 1.54) is 0 Å². The molecule has 1 heterocycles. The summed E-state index contributed by atoms with van der Waals surface area (Å²) in [7, 11) is 2.06. The highest BCUT2D eigenvalue weighted by Gasteiger charge is 2.23. The van der Waals surface area contributed by atoms with E-state index in [2.05, 4.69) is 17.3 Å². The Balaban J connectivity index is 1.83. The molecule has 1 saturated heterocycles. The summed E-state index contributed by atoms with van der Waals surface area (Å²) in [5, 5.41) is 13.4. The van der Waals surface area contributed by atoms with E-state index < -0.39 is 6.10 Å². The molecule has 1 unspecified atom stereocenters. The van der Waals surface area contributed by atoms with Crippen LogP contribution in [-0.4, -0.2) is 42.6 Å². The lowest BCUT2D eigenvalue weighted by molar-refractivity contribution is -0.126. The predicted octanol–water partition coefficient (Wildman–Crippen LogP) is 1.83. The van der Waals surface area contributed by atoms with Crippen LogP contribution in [0.4, 0.5) is 0 Å². The number of amides is 1. The number of halogens is 1. The van der Waals surface area contributed by atoms with Gasteiger partial charge >= 0.3 is 0 Å². The summed E-state index contributed by atoms with van der Waals surface area (Å²) >= 11 is 6.02. The maximum atomic E-state index is 12.1. The van der Waals surface area contributed by atoms with Gasteiger partial charge in [-0.15, -0.1) is 0 Å². The second-order valence-electron chi connectivity index (χ2n) is 5.36. The van der Waals surface area contributed by atoms with Gasteiger partial charge in [0.2, 0.25) is 5.91 Å². The van der Waals surface area contributed by atoms with Crippen LogP contribution in [0, 0.1) is 5.92 Å². The first-order valence-electron chi connectivity index (χ1n) is 6.96. The van der Waals surface area contributed by atoms with Gasteiger partial charge in [-0.25, -0.2) is 0 Å². The van der Waals surface area contributed by atoms with Crippen molar-refractivity contribution in [2.24, 2.45) is 5.92 Å². The van der Waals surface area contributed by atoms with Gasteiger partial charge in [-0.3, -0.25) is 4.79 Å². The maximum absolute atomic E-state index is 12.1. The van der Waals surface area contributed by atoms with Gasteiger partial charge in [-0.05, 0) is 39.0 Å². The maximum Gasteiger partial charge on any atom is 0.223 e. The molecule has 2 N–H and O–H groups in total. The van der Waals surface area contributed by atoms with Crippen LogP contribution >= 0.6 is 11.6 Å². The van der Waals surface area contributed by atoms with Crippen molar-refractivity contribution in [3.8, 4) is 0 Å². The molecule has 1 aromatic rings. The number of rotatable bonds is 4. The molecule has 0 saturated carbocycles. The number of carbonyl (C=O) groups is 1. The average Bonchev–Trinajstić information content (AvgIpc) is 2.45. The standard InChI is InChI=1S/C15H21ClN2O2/c1-18-8-6-11(7-9-18)15(20)17-10-14(19)12-4-2-3-5-13(12)16/h2-5,11,14,19H,6-10H2,1H3,(H,17,20). The third kappa shape index (κ3) is 3.95. The largest absolute Gasteiger partial charge is 0.387 e. The molecular formula is C15H21ClN2O2. The normalized spacial score (nSPS) is 18.8. The summed E-state index contributed by atoms with van der Waals surface area (Å²) in [6.45, 7) is 2.10. The van der Waals surface area contributed by atoms with Crippen molar-refractivity contribution in [1.82, 2.24) is 10.2 Å². The minimum Gasteiger partial charge on any atom is -0.387 e. The fourth-order valence-corrected chi connectivity index (χ4v) is 2.73. The monoisotopic (exact) mass is 296 g/mol. The van der Waals surface area contributed by atoms with Crippen LogP contribution in [0.3, 0.4) is 0 Å². The van der Waals surface area contributed by atoms with Gasteiger partial charge in [0.05, 0.1) is 6.10 Å². The van der Waals surface area contributed by atoms with Crippen molar-refractivity contribution in [2.75, 3.05) is 26.7 Å². The Morgan fingerprint density at radius 1 is 1.45 bits per heavy atom. The Morgan fingerprint density at radius 2 is 2.10 bits per heavy atom. The number of carbonyl (C=O) groups excluding carboxylic acids is 1. The molecule has 1 aliphatic rings. The highest BCUT2D eigenvalue weighted by atomic mass is 35.5. The van der Waals surface area contributed by atoms with Crippen LogP contribution < -0.4 is 5.32 Å². The first-order valence-corrected chi connectivity index (χ1v) is 7.34. The minimum atomic E-state index is -0.765. The van der Waals surface area contributed by atoms with Crippen LogP contribution in [0.1, 0.15) is 24.5 Å². The lowest BCUT2D eigenvalue weighted by Gasteiger charge is -2.28. The van der Waals surface area contributed by atoms with Gasteiger partial charge in [-0.1, -0.05) is 29.8 Å². The first-order chi connectivity index (χ1) is 9.58. The van der Waals surface area contributed by atoms with Gasteiger partial charge in [0.25, 0.3) is 0 Å². The Bertz CT molecular complexity index is 459. The van der Waals surface area contributed by atoms with Gasteiger partial charge in [0.1, 0.15) is 0 Å². The van der Waals surface area contributed by atoms with Gasteiger partial charge < -0.3 is 15.3 Å². The number of aliphatic hydroxyl groups excluding tert-OH is 1. The lowest BCUT2D eigenvalue weighted by Crippen LogP contribution is -2.40. The number of benzene rings is 1. The molecule has 0 bridgehead atoms. The van der Waals surface area contributed by atoms with Crippen LogP contribution in [0.2, 0.25) is 5.02 Å². The summed E-state index contributed by atoms with van der Waals surface area (Å²) < 4.78 is 0.